The Hall–Kier alpha value is -1.55. The van der Waals surface area contributed by atoms with Gasteiger partial charge in [-0.15, -0.1) is 0 Å². The van der Waals surface area contributed by atoms with Crippen molar-refractivity contribution < 1.29 is 0 Å². The van der Waals surface area contributed by atoms with Crippen molar-refractivity contribution >= 4 is 5.96 Å². The molecule has 0 saturated carbocycles. The Morgan fingerprint density at radius 1 is 1.32 bits per heavy atom. The first-order valence-electron chi connectivity index (χ1n) is 8.51. The molecule has 0 aromatic heterocycles. The zero-order valence-electron chi connectivity index (χ0n) is 14.0. The van der Waals surface area contributed by atoms with Crippen LogP contribution in [0.25, 0.3) is 0 Å². The largest absolute Gasteiger partial charge is 0.370 e. The molecule has 0 aliphatic carbocycles. The quantitative estimate of drug-likeness (QED) is 0.627. The minimum atomic E-state index is 0.539. The summed E-state index contributed by atoms with van der Waals surface area (Å²) in [4.78, 5) is 6.95. The van der Waals surface area contributed by atoms with Gasteiger partial charge in [-0.05, 0) is 49.4 Å². The smallest absolute Gasteiger partial charge is 0.188 e. The van der Waals surface area contributed by atoms with Crippen molar-refractivity contribution in [3.63, 3.8) is 0 Å². The molecular formula is C18H30N4. The number of guanidine groups is 1. The third-order valence-electron chi connectivity index (χ3n) is 4.26. The van der Waals surface area contributed by atoms with Crippen LogP contribution in [0.3, 0.4) is 0 Å². The van der Waals surface area contributed by atoms with Crippen LogP contribution in [0.15, 0.2) is 29.3 Å². The van der Waals surface area contributed by atoms with E-state index >= 15 is 0 Å². The van der Waals surface area contributed by atoms with Gasteiger partial charge in [-0.1, -0.05) is 38.1 Å². The van der Waals surface area contributed by atoms with E-state index in [1.54, 1.807) is 0 Å². The molecule has 1 heterocycles. The van der Waals surface area contributed by atoms with Gasteiger partial charge in [-0.2, -0.15) is 0 Å². The maximum absolute atomic E-state index is 5.84. The van der Waals surface area contributed by atoms with Crippen LogP contribution >= 0.6 is 0 Å². The van der Waals surface area contributed by atoms with Crippen molar-refractivity contribution in [2.24, 2.45) is 16.6 Å². The number of benzene rings is 1. The lowest BCUT2D eigenvalue weighted by atomic mass is 9.98. The van der Waals surface area contributed by atoms with Crippen molar-refractivity contribution in [3.8, 4) is 0 Å². The summed E-state index contributed by atoms with van der Waals surface area (Å²) >= 11 is 0. The minimum absolute atomic E-state index is 0.539. The molecule has 4 heteroatoms. The predicted molar refractivity (Wildman–Crippen MR) is 93.7 cm³/mol. The summed E-state index contributed by atoms with van der Waals surface area (Å²) in [6, 6.07) is 8.72. The lowest BCUT2D eigenvalue weighted by Crippen LogP contribution is -2.32. The van der Waals surface area contributed by atoms with Gasteiger partial charge in [-0.25, -0.2) is 4.99 Å². The zero-order valence-corrected chi connectivity index (χ0v) is 14.0. The van der Waals surface area contributed by atoms with Crippen LogP contribution in [0.2, 0.25) is 0 Å². The molecule has 0 radical (unpaired) electrons. The standard InChI is InChI=1S/C18H30N4/c1-3-9-20-18(19)21-13-16-5-4-6-17(12-16)14-22-10-7-15(2)8-11-22/h4-6,12,15H,3,7-11,13-14H2,1-2H3,(H3,19,20,21). The highest BCUT2D eigenvalue weighted by Gasteiger charge is 2.15. The molecule has 1 aliphatic heterocycles. The number of rotatable bonds is 6. The number of nitrogens with two attached hydrogens (primary N) is 1. The summed E-state index contributed by atoms with van der Waals surface area (Å²) < 4.78 is 0. The molecule has 0 bridgehead atoms. The Kier molecular flexibility index (Phi) is 6.72. The second-order valence-electron chi connectivity index (χ2n) is 6.41. The Morgan fingerprint density at radius 3 is 2.77 bits per heavy atom. The predicted octanol–water partition coefficient (Wildman–Crippen LogP) is 2.73. The highest BCUT2D eigenvalue weighted by Crippen LogP contribution is 2.18. The first-order valence-corrected chi connectivity index (χ1v) is 8.51. The van der Waals surface area contributed by atoms with Crippen LogP contribution in [-0.2, 0) is 13.1 Å². The molecule has 1 fully saturated rings. The van der Waals surface area contributed by atoms with Crippen molar-refractivity contribution in [1.29, 1.82) is 0 Å². The van der Waals surface area contributed by atoms with Crippen molar-refractivity contribution in [3.05, 3.63) is 35.4 Å². The van der Waals surface area contributed by atoms with Gasteiger partial charge in [0.15, 0.2) is 5.96 Å². The fraction of sp³-hybridized carbons (Fsp3) is 0.611. The maximum atomic E-state index is 5.84. The Bertz CT molecular complexity index is 476. The number of hydrogen-bond acceptors (Lipinski definition) is 2. The van der Waals surface area contributed by atoms with E-state index in [1.165, 1.54) is 37.1 Å². The molecule has 0 atom stereocenters. The van der Waals surface area contributed by atoms with Crippen LogP contribution < -0.4 is 11.1 Å². The number of likely N-dealkylation sites (tertiary alicyclic amines) is 1. The van der Waals surface area contributed by atoms with E-state index in [2.05, 4.69) is 53.3 Å². The average molecular weight is 302 g/mol. The Balaban J connectivity index is 1.87. The van der Waals surface area contributed by atoms with Gasteiger partial charge in [0.2, 0.25) is 0 Å². The second kappa shape index (κ2) is 8.79. The molecular weight excluding hydrogens is 272 g/mol. The van der Waals surface area contributed by atoms with Gasteiger partial charge in [0.05, 0.1) is 6.54 Å². The third-order valence-corrected chi connectivity index (χ3v) is 4.26. The van der Waals surface area contributed by atoms with Crippen LogP contribution in [0.4, 0.5) is 0 Å². The van der Waals surface area contributed by atoms with Crippen molar-refractivity contribution in [2.75, 3.05) is 19.6 Å². The highest BCUT2D eigenvalue weighted by molar-refractivity contribution is 5.77. The number of aliphatic imine (C=N–C) groups is 1. The lowest BCUT2D eigenvalue weighted by Gasteiger charge is -2.30. The number of hydrogen-bond donors (Lipinski definition) is 2. The maximum Gasteiger partial charge on any atom is 0.188 e. The normalized spacial score (nSPS) is 17.6. The van der Waals surface area contributed by atoms with E-state index in [1.807, 2.05) is 0 Å². The molecule has 3 N–H and O–H groups in total. The summed E-state index contributed by atoms with van der Waals surface area (Å²) in [5, 5.41) is 3.11. The third kappa shape index (κ3) is 5.68. The number of nitrogens with one attached hydrogen (secondary N) is 1. The lowest BCUT2D eigenvalue weighted by molar-refractivity contribution is 0.185. The van der Waals surface area contributed by atoms with E-state index in [4.69, 9.17) is 5.73 Å². The SMILES string of the molecule is CCCNC(N)=NCc1cccc(CN2CCC(C)CC2)c1. The first kappa shape index (κ1) is 16.8. The highest BCUT2D eigenvalue weighted by atomic mass is 15.1. The van der Waals surface area contributed by atoms with Gasteiger partial charge in [0.1, 0.15) is 0 Å². The number of piperidine rings is 1. The van der Waals surface area contributed by atoms with Crippen LogP contribution in [-0.4, -0.2) is 30.5 Å². The molecule has 0 unspecified atom stereocenters. The fourth-order valence-electron chi connectivity index (χ4n) is 2.79. The van der Waals surface area contributed by atoms with E-state index in [0.717, 1.165) is 25.4 Å². The zero-order chi connectivity index (χ0) is 15.8. The fourth-order valence-corrected chi connectivity index (χ4v) is 2.79. The minimum Gasteiger partial charge on any atom is -0.370 e. The second-order valence-corrected chi connectivity index (χ2v) is 6.41. The summed E-state index contributed by atoms with van der Waals surface area (Å²) in [5.41, 5.74) is 8.44. The summed E-state index contributed by atoms with van der Waals surface area (Å²) in [7, 11) is 0. The molecule has 122 valence electrons. The molecule has 0 spiro atoms. The molecule has 0 amide bonds. The van der Waals surface area contributed by atoms with Gasteiger partial charge < -0.3 is 11.1 Å². The summed E-state index contributed by atoms with van der Waals surface area (Å²) in [6.45, 7) is 9.48. The Morgan fingerprint density at radius 2 is 2.05 bits per heavy atom. The molecule has 4 nitrogen and oxygen atoms in total. The van der Waals surface area contributed by atoms with Crippen LogP contribution in [0.1, 0.15) is 44.2 Å². The van der Waals surface area contributed by atoms with Gasteiger partial charge in [0.25, 0.3) is 0 Å². The van der Waals surface area contributed by atoms with E-state index < -0.39 is 0 Å². The Labute approximate surface area is 134 Å². The average Bonchev–Trinajstić information content (AvgIpc) is 2.53. The van der Waals surface area contributed by atoms with Crippen molar-refractivity contribution in [1.82, 2.24) is 10.2 Å². The molecule has 1 aromatic rings. The van der Waals surface area contributed by atoms with Crippen molar-refractivity contribution in [2.45, 2.75) is 46.2 Å². The van der Waals surface area contributed by atoms with Crippen LogP contribution in [0, 0.1) is 5.92 Å². The summed E-state index contributed by atoms with van der Waals surface area (Å²) in [5.74, 6) is 1.42. The van der Waals surface area contributed by atoms with Gasteiger partial charge in [-0.3, -0.25) is 4.90 Å². The molecule has 2 rings (SSSR count). The molecule has 1 aliphatic rings. The molecule has 1 aromatic carbocycles. The molecule has 22 heavy (non-hydrogen) atoms. The summed E-state index contributed by atoms with van der Waals surface area (Å²) in [6.07, 6.45) is 3.70. The van der Waals surface area contributed by atoms with E-state index in [0.29, 0.717) is 12.5 Å². The van der Waals surface area contributed by atoms with E-state index in [-0.39, 0.29) is 0 Å². The molecule has 1 saturated heterocycles. The van der Waals surface area contributed by atoms with Gasteiger partial charge >= 0.3 is 0 Å². The monoisotopic (exact) mass is 302 g/mol. The number of nitrogens with zero attached hydrogens (tertiary/aromatic N) is 2. The van der Waals surface area contributed by atoms with E-state index in [9.17, 15) is 0 Å². The van der Waals surface area contributed by atoms with Gasteiger partial charge in [0, 0.05) is 13.1 Å². The first-order chi connectivity index (χ1) is 10.7. The van der Waals surface area contributed by atoms with Crippen LogP contribution in [0.5, 0.6) is 0 Å². The topological polar surface area (TPSA) is 53.6 Å².